The Bertz CT molecular complexity index is 1030. The zero-order chi connectivity index (χ0) is 16.7. The number of benzene rings is 1. The van der Waals surface area contributed by atoms with E-state index in [0.717, 1.165) is 28.2 Å². The average Bonchev–Trinajstić information content (AvgIpc) is 3.17. The van der Waals surface area contributed by atoms with Crippen LogP contribution in [0.15, 0.2) is 47.0 Å². The van der Waals surface area contributed by atoms with Gasteiger partial charge >= 0.3 is 0 Å². The van der Waals surface area contributed by atoms with Crippen LogP contribution in [0.1, 0.15) is 11.3 Å². The molecule has 0 aliphatic rings. The summed E-state index contributed by atoms with van der Waals surface area (Å²) in [4.78, 5) is 4.58. The first kappa shape index (κ1) is 14.4. The maximum absolute atomic E-state index is 5.91. The van der Waals surface area contributed by atoms with Gasteiger partial charge in [0.15, 0.2) is 0 Å². The molecule has 3 aromatic heterocycles. The van der Waals surface area contributed by atoms with Crippen LogP contribution in [0.25, 0.3) is 28.7 Å². The van der Waals surface area contributed by atoms with Crippen LogP contribution in [0.5, 0.6) is 5.75 Å². The van der Waals surface area contributed by atoms with E-state index in [0.29, 0.717) is 17.5 Å². The summed E-state index contributed by atoms with van der Waals surface area (Å²) in [7, 11) is 1.62. The van der Waals surface area contributed by atoms with Gasteiger partial charge in [-0.25, -0.2) is 4.98 Å². The van der Waals surface area contributed by atoms with Crippen LogP contribution in [-0.4, -0.2) is 26.7 Å². The zero-order valence-corrected chi connectivity index (χ0v) is 13.6. The Morgan fingerprint density at radius 3 is 2.67 bits per heavy atom. The Morgan fingerprint density at radius 2 is 1.83 bits per heavy atom. The summed E-state index contributed by atoms with van der Waals surface area (Å²) in [6, 6.07) is 11.6. The lowest BCUT2D eigenvalue weighted by atomic mass is 10.2. The van der Waals surface area contributed by atoms with E-state index < -0.39 is 0 Å². The van der Waals surface area contributed by atoms with Gasteiger partial charge in [0.1, 0.15) is 17.1 Å². The molecule has 0 atom stereocenters. The summed E-state index contributed by atoms with van der Waals surface area (Å²) in [6.45, 7) is 3.97. The molecule has 0 N–H and O–H groups in total. The molecular weight excluding hydrogens is 304 g/mol. The largest absolute Gasteiger partial charge is 0.496 e. The van der Waals surface area contributed by atoms with Crippen molar-refractivity contribution >= 4 is 5.65 Å². The molecular formula is C18H16N4O2. The molecule has 0 aliphatic carbocycles. The van der Waals surface area contributed by atoms with Crippen LogP contribution in [0.4, 0.5) is 0 Å². The zero-order valence-electron chi connectivity index (χ0n) is 13.6. The topological polar surface area (TPSA) is 65.5 Å². The summed E-state index contributed by atoms with van der Waals surface area (Å²) in [5.41, 5.74) is 4.43. The number of methoxy groups -OCH3 is 1. The minimum Gasteiger partial charge on any atom is -0.496 e. The van der Waals surface area contributed by atoms with Crippen LogP contribution in [0, 0.1) is 13.8 Å². The second kappa shape index (κ2) is 5.49. The molecule has 120 valence electrons. The fraction of sp³-hybridized carbons (Fsp3) is 0.167. The molecule has 0 radical (unpaired) electrons. The lowest BCUT2D eigenvalue weighted by Crippen LogP contribution is -1.89. The Labute approximate surface area is 138 Å². The maximum Gasteiger partial charge on any atom is 0.266 e. The van der Waals surface area contributed by atoms with Crippen LogP contribution >= 0.6 is 0 Å². The molecule has 0 saturated carbocycles. The quantitative estimate of drug-likeness (QED) is 0.576. The predicted octanol–water partition coefficient (Wildman–Crippen LogP) is 3.68. The summed E-state index contributed by atoms with van der Waals surface area (Å²) < 4.78 is 13.2. The van der Waals surface area contributed by atoms with Crippen LogP contribution in [-0.2, 0) is 0 Å². The van der Waals surface area contributed by atoms with E-state index in [1.807, 2.05) is 60.8 Å². The first-order valence-electron chi connectivity index (χ1n) is 7.60. The third-order valence-corrected chi connectivity index (χ3v) is 3.92. The van der Waals surface area contributed by atoms with Gasteiger partial charge in [0.05, 0.1) is 18.4 Å². The molecule has 4 aromatic rings. The maximum atomic E-state index is 5.91. The molecule has 0 unspecified atom stereocenters. The highest BCUT2D eigenvalue weighted by Crippen LogP contribution is 2.31. The van der Waals surface area contributed by atoms with Gasteiger partial charge in [-0.3, -0.25) is 4.40 Å². The average molecular weight is 320 g/mol. The minimum atomic E-state index is 0.420. The van der Waals surface area contributed by atoms with Crippen molar-refractivity contribution in [3.05, 3.63) is 53.9 Å². The fourth-order valence-corrected chi connectivity index (χ4v) is 2.77. The van der Waals surface area contributed by atoms with Gasteiger partial charge in [0.25, 0.3) is 11.8 Å². The molecule has 0 fully saturated rings. The molecule has 24 heavy (non-hydrogen) atoms. The van der Waals surface area contributed by atoms with Gasteiger partial charge in [-0.1, -0.05) is 12.1 Å². The lowest BCUT2D eigenvalue weighted by Gasteiger charge is -2.03. The SMILES string of the molecule is COc1ccccc1-c1nnc(-c2c(C)nc3cc(C)ccn23)o1. The molecule has 6 heteroatoms. The van der Waals surface area contributed by atoms with Crippen LogP contribution < -0.4 is 4.74 Å². The summed E-state index contributed by atoms with van der Waals surface area (Å²) >= 11 is 0. The number of nitrogens with zero attached hydrogens (tertiary/aromatic N) is 4. The third-order valence-electron chi connectivity index (χ3n) is 3.92. The standard InChI is InChI=1S/C18H16N4O2/c1-11-8-9-22-15(10-11)19-12(2)16(22)18-21-20-17(24-18)13-6-4-5-7-14(13)23-3/h4-10H,1-3H3. The summed E-state index contributed by atoms with van der Waals surface area (Å²) in [5, 5.41) is 8.39. The van der Waals surface area contributed by atoms with Crippen molar-refractivity contribution in [2.45, 2.75) is 13.8 Å². The van der Waals surface area contributed by atoms with Gasteiger partial charge in [-0.05, 0) is 43.7 Å². The highest BCUT2D eigenvalue weighted by molar-refractivity contribution is 5.65. The molecule has 1 aromatic carbocycles. The Kier molecular flexibility index (Phi) is 3.30. The molecule has 6 nitrogen and oxygen atoms in total. The number of hydrogen-bond acceptors (Lipinski definition) is 5. The molecule has 3 heterocycles. The highest BCUT2D eigenvalue weighted by Gasteiger charge is 2.19. The van der Waals surface area contributed by atoms with Crippen molar-refractivity contribution in [3.8, 4) is 28.8 Å². The number of rotatable bonds is 3. The number of ether oxygens (including phenoxy) is 1. The normalized spacial score (nSPS) is 11.1. The van der Waals surface area contributed by atoms with Crippen LogP contribution in [0.2, 0.25) is 0 Å². The molecule has 0 amide bonds. The minimum absolute atomic E-state index is 0.420. The Hall–Kier alpha value is -3.15. The van der Waals surface area contributed by atoms with Crippen molar-refractivity contribution in [1.29, 1.82) is 0 Å². The smallest absolute Gasteiger partial charge is 0.266 e. The summed E-state index contributed by atoms with van der Waals surface area (Å²) in [6.07, 6.45) is 1.97. The van der Waals surface area contributed by atoms with Crippen molar-refractivity contribution in [2.24, 2.45) is 0 Å². The second-order valence-corrected chi connectivity index (χ2v) is 5.59. The fourth-order valence-electron chi connectivity index (χ4n) is 2.77. The molecule has 4 rings (SSSR count). The molecule has 0 bridgehead atoms. The molecule has 0 aliphatic heterocycles. The van der Waals surface area contributed by atoms with E-state index in [-0.39, 0.29) is 0 Å². The van der Waals surface area contributed by atoms with Crippen LogP contribution in [0.3, 0.4) is 0 Å². The molecule has 0 saturated heterocycles. The second-order valence-electron chi connectivity index (χ2n) is 5.59. The first-order valence-corrected chi connectivity index (χ1v) is 7.60. The van der Waals surface area contributed by atoms with Gasteiger partial charge < -0.3 is 9.15 Å². The van der Waals surface area contributed by atoms with E-state index in [9.17, 15) is 0 Å². The number of imidazole rings is 1. The number of aromatic nitrogens is 4. The number of aryl methyl sites for hydroxylation is 2. The number of hydrogen-bond donors (Lipinski definition) is 0. The third kappa shape index (κ3) is 2.23. The van der Waals surface area contributed by atoms with Gasteiger partial charge in [-0.15, -0.1) is 10.2 Å². The van der Waals surface area contributed by atoms with Crippen molar-refractivity contribution < 1.29 is 9.15 Å². The van der Waals surface area contributed by atoms with E-state index in [1.54, 1.807) is 7.11 Å². The van der Waals surface area contributed by atoms with E-state index in [2.05, 4.69) is 15.2 Å². The van der Waals surface area contributed by atoms with Gasteiger partial charge in [0.2, 0.25) is 0 Å². The number of fused-ring (bicyclic) bond motifs is 1. The molecule has 0 spiro atoms. The summed E-state index contributed by atoms with van der Waals surface area (Å²) in [5.74, 6) is 1.55. The van der Waals surface area contributed by atoms with E-state index in [4.69, 9.17) is 9.15 Å². The Morgan fingerprint density at radius 1 is 1.04 bits per heavy atom. The van der Waals surface area contributed by atoms with E-state index >= 15 is 0 Å². The number of pyridine rings is 1. The predicted molar refractivity (Wildman–Crippen MR) is 89.9 cm³/mol. The van der Waals surface area contributed by atoms with E-state index in [1.165, 1.54) is 0 Å². The van der Waals surface area contributed by atoms with Gasteiger partial charge in [0, 0.05) is 6.20 Å². The number of para-hydroxylation sites is 1. The monoisotopic (exact) mass is 320 g/mol. The lowest BCUT2D eigenvalue weighted by molar-refractivity contribution is 0.414. The first-order chi connectivity index (χ1) is 11.7. The highest BCUT2D eigenvalue weighted by atomic mass is 16.5. The van der Waals surface area contributed by atoms with Crippen molar-refractivity contribution in [1.82, 2.24) is 19.6 Å². The van der Waals surface area contributed by atoms with Crippen molar-refractivity contribution in [2.75, 3.05) is 7.11 Å². The van der Waals surface area contributed by atoms with Gasteiger partial charge in [-0.2, -0.15) is 0 Å². The Balaban J connectivity index is 1.85. The van der Waals surface area contributed by atoms with Crippen molar-refractivity contribution in [3.63, 3.8) is 0 Å².